The van der Waals surface area contributed by atoms with Gasteiger partial charge < -0.3 is 29.1 Å². The van der Waals surface area contributed by atoms with E-state index >= 15 is 0 Å². The molecule has 0 unspecified atom stereocenters. The predicted molar refractivity (Wildman–Crippen MR) is 60.6 cm³/mol. The summed E-state index contributed by atoms with van der Waals surface area (Å²) < 4.78 is 14.7. The monoisotopic (exact) mass is 271 g/mol. The SMILES string of the molecule is COCCOC(=O)[C@@H](CC(=O)[O-])[NH2+]Cc1ccco1. The molecule has 0 saturated carbocycles. The van der Waals surface area contributed by atoms with Gasteiger partial charge in [0.25, 0.3) is 0 Å². The number of nitrogens with two attached hydrogens (primary N) is 1. The van der Waals surface area contributed by atoms with E-state index in [0.29, 0.717) is 12.3 Å². The molecule has 0 radical (unpaired) electrons. The molecule has 0 bridgehead atoms. The summed E-state index contributed by atoms with van der Waals surface area (Å²) in [6.45, 7) is 0.708. The molecule has 1 heterocycles. The lowest BCUT2D eigenvalue weighted by Gasteiger charge is -2.14. The fraction of sp³-hybridized carbons (Fsp3) is 0.500. The highest BCUT2D eigenvalue weighted by Crippen LogP contribution is 1.97. The number of ether oxygens (including phenoxy) is 2. The maximum atomic E-state index is 11.7. The summed E-state index contributed by atoms with van der Waals surface area (Å²) in [7, 11) is 1.48. The zero-order chi connectivity index (χ0) is 14.1. The first-order valence-corrected chi connectivity index (χ1v) is 5.84. The Morgan fingerprint density at radius 3 is 2.84 bits per heavy atom. The number of aliphatic carboxylic acids is 1. The smallest absolute Gasteiger partial charge is 0.365 e. The molecule has 1 rings (SSSR count). The Hall–Kier alpha value is -1.86. The number of carboxylic acids is 1. The molecule has 106 valence electrons. The van der Waals surface area contributed by atoms with E-state index in [1.165, 1.54) is 13.4 Å². The van der Waals surface area contributed by atoms with Crippen molar-refractivity contribution < 1.29 is 33.9 Å². The molecule has 0 aliphatic carbocycles. The number of quaternary nitrogens is 1. The van der Waals surface area contributed by atoms with E-state index < -0.39 is 24.4 Å². The first kappa shape index (κ1) is 15.2. The number of esters is 1. The lowest BCUT2D eigenvalue weighted by atomic mass is 10.2. The quantitative estimate of drug-likeness (QED) is 0.413. The van der Waals surface area contributed by atoms with E-state index in [9.17, 15) is 14.7 Å². The molecular weight excluding hydrogens is 254 g/mol. The third kappa shape index (κ3) is 6.03. The van der Waals surface area contributed by atoms with Crippen molar-refractivity contribution >= 4 is 11.9 Å². The zero-order valence-corrected chi connectivity index (χ0v) is 10.7. The van der Waals surface area contributed by atoms with E-state index in [1.807, 2.05) is 0 Å². The highest BCUT2D eigenvalue weighted by molar-refractivity contribution is 5.79. The third-order valence-electron chi connectivity index (χ3n) is 2.40. The highest BCUT2D eigenvalue weighted by Gasteiger charge is 2.24. The van der Waals surface area contributed by atoms with Crippen LogP contribution in [0.3, 0.4) is 0 Å². The molecule has 0 aromatic carbocycles. The number of carbonyl (C=O) groups excluding carboxylic acids is 2. The van der Waals surface area contributed by atoms with Gasteiger partial charge in [-0.15, -0.1) is 0 Å². The van der Waals surface area contributed by atoms with Crippen molar-refractivity contribution in [3.63, 3.8) is 0 Å². The van der Waals surface area contributed by atoms with Crippen molar-refractivity contribution in [2.24, 2.45) is 0 Å². The van der Waals surface area contributed by atoms with E-state index in [2.05, 4.69) is 0 Å². The average molecular weight is 271 g/mol. The lowest BCUT2D eigenvalue weighted by molar-refractivity contribution is -0.694. The second-order valence-corrected chi connectivity index (χ2v) is 3.86. The van der Waals surface area contributed by atoms with Crippen LogP contribution in [0.15, 0.2) is 22.8 Å². The Morgan fingerprint density at radius 2 is 2.26 bits per heavy atom. The second kappa shape index (κ2) is 8.28. The van der Waals surface area contributed by atoms with Crippen molar-refractivity contribution in [2.45, 2.75) is 19.0 Å². The lowest BCUT2D eigenvalue weighted by Crippen LogP contribution is -2.91. The average Bonchev–Trinajstić information content (AvgIpc) is 2.87. The van der Waals surface area contributed by atoms with Gasteiger partial charge in [-0.3, -0.25) is 0 Å². The van der Waals surface area contributed by atoms with Gasteiger partial charge in [0.1, 0.15) is 13.2 Å². The summed E-state index contributed by atoms with van der Waals surface area (Å²) in [5.74, 6) is -1.26. The van der Waals surface area contributed by atoms with Gasteiger partial charge in [-0.25, -0.2) is 4.79 Å². The molecule has 0 aliphatic heterocycles. The fourth-order valence-corrected chi connectivity index (χ4v) is 1.46. The number of hydrogen-bond donors (Lipinski definition) is 1. The van der Waals surface area contributed by atoms with Crippen LogP contribution in [0.5, 0.6) is 0 Å². The van der Waals surface area contributed by atoms with Crippen LogP contribution in [-0.4, -0.2) is 38.3 Å². The van der Waals surface area contributed by atoms with Crippen LogP contribution in [0, 0.1) is 0 Å². The van der Waals surface area contributed by atoms with Gasteiger partial charge in [0.2, 0.25) is 0 Å². The summed E-state index contributed by atoms with van der Waals surface area (Å²) in [5.41, 5.74) is 0. The van der Waals surface area contributed by atoms with Gasteiger partial charge in [0.05, 0.1) is 19.3 Å². The number of rotatable bonds is 9. The summed E-state index contributed by atoms with van der Waals surface area (Å²) >= 11 is 0. The molecule has 2 N–H and O–H groups in total. The van der Waals surface area contributed by atoms with Crippen LogP contribution in [0.25, 0.3) is 0 Å². The molecule has 0 saturated heterocycles. The molecule has 7 heteroatoms. The summed E-state index contributed by atoms with van der Waals surface area (Å²) in [6, 6.07) is 2.60. The molecule has 1 aromatic rings. The van der Waals surface area contributed by atoms with Gasteiger partial charge in [-0.05, 0) is 12.1 Å². The maximum absolute atomic E-state index is 11.7. The Bertz CT molecular complexity index is 389. The number of methoxy groups -OCH3 is 1. The zero-order valence-electron chi connectivity index (χ0n) is 10.7. The Morgan fingerprint density at radius 1 is 1.47 bits per heavy atom. The van der Waals surface area contributed by atoms with E-state index in [1.54, 1.807) is 17.4 Å². The normalized spacial score (nSPS) is 12.1. The summed E-state index contributed by atoms with van der Waals surface area (Å²) in [4.78, 5) is 22.3. The molecule has 0 amide bonds. The van der Waals surface area contributed by atoms with Crippen molar-refractivity contribution in [2.75, 3.05) is 20.3 Å². The molecule has 0 spiro atoms. The summed E-state index contributed by atoms with van der Waals surface area (Å²) in [5, 5.41) is 12.2. The molecule has 1 atom stereocenters. The van der Waals surface area contributed by atoms with Gasteiger partial charge in [-0.1, -0.05) is 0 Å². The topological polar surface area (TPSA) is 105 Å². The first-order chi connectivity index (χ1) is 9.13. The van der Waals surface area contributed by atoms with Crippen LogP contribution in [0.2, 0.25) is 0 Å². The minimum absolute atomic E-state index is 0.0907. The fourth-order valence-electron chi connectivity index (χ4n) is 1.46. The van der Waals surface area contributed by atoms with Crippen LogP contribution in [0.1, 0.15) is 12.2 Å². The number of furan rings is 1. The van der Waals surface area contributed by atoms with Crippen molar-refractivity contribution in [1.82, 2.24) is 0 Å². The Kier molecular flexibility index (Phi) is 6.62. The maximum Gasteiger partial charge on any atom is 0.365 e. The molecule has 19 heavy (non-hydrogen) atoms. The molecule has 0 aliphatic rings. The van der Waals surface area contributed by atoms with Crippen LogP contribution in [-0.2, 0) is 25.6 Å². The van der Waals surface area contributed by atoms with Gasteiger partial charge >= 0.3 is 5.97 Å². The van der Waals surface area contributed by atoms with Crippen LogP contribution < -0.4 is 10.4 Å². The van der Waals surface area contributed by atoms with E-state index in [-0.39, 0.29) is 13.2 Å². The van der Waals surface area contributed by atoms with Crippen molar-refractivity contribution in [3.8, 4) is 0 Å². The van der Waals surface area contributed by atoms with Gasteiger partial charge in [0.15, 0.2) is 11.8 Å². The van der Waals surface area contributed by atoms with E-state index in [4.69, 9.17) is 13.9 Å². The highest BCUT2D eigenvalue weighted by atomic mass is 16.6. The molecule has 7 nitrogen and oxygen atoms in total. The van der Waals surface area contributed by atoms with E-state index in [0.717, 1.165) is 0 Å². The predicted octanol–water partition coefficient (Wildman–Crippen LogP) is -1.96. The number of hydrogen-bond acceptors (Lipinski definition) is 6. The Labute approximate surface area is 110 Å². The summed E-state index contributed by atoms with van der Waals surface area (Å²) in [6.07, 6.45) is 1.10. The van der Waals surface area contributed by atoms with Gasteiger partial charge in [0, 0.05) is 13.1 Å². The van der Waals surface area contributed by atoms with Gasteiger partial charge in [-0.2, -0.15) is 0 Å². The van der Waals surface area contributed by atoms with Crippen molar-refractivity contribution in [1.29, 1.82) is 0 Å². The minimum atomic E-state index is -1.30. The van der Waals surface area contributed by atoms with Crippen molar-refractivity contribution in [3.05, 3.63) is 24.2 Å². The third-order valence-corrected chi connectivity index (χ3v) is 2.40. The molecule has 0 fully saturated rings. The number of carbonyl (C=O) groups is 2. The largest absolute Gasteiger partial charge is 0.550 e. The standard InChI is InChI=1S/C12H17NO6/c1-17-5-6-19-12(16)10(7-11(14)15)13-8-9-3-2-4-18-9/h2-4,10,13H,5-8H2,1H3,(H,14,15)/t10-/m1/s1. The molecular formula is C12H17NO6. The minimum Gasteiger partial charge on any atom is -0.550 e. The van der Waals surface area contributed by atoms with Crippen LogP contribution in [0.4, 0.5) is 0 Å². The molecule has 1 aromatic heterocycles. The Balaban J connectivity index is 2.45. The second-order valence-electron chi connectivity index (χ2n) is 3.86. The first-order valence-electron chi connectivity index (χ1n) is 5.84. The number of carboxylic acid groups (broad SMARTS) is 1. The van der Waals surface area contributed by atoms with Crippen LogP contribution >= 0.6 is 0 Å².